The van der Waals surface area contributed by atoms with Gasteiger partial charge in [0.1, 0.15) is 0 Å². The Hall–Kier alpha value is -1.86. The Bertz CT molecular complexity index is 798. The molecule has 3 atom stereocenters. The van der Waals surface area contributed by atoms with Gasteiger partial charge in [0.15, 0.2) is 11.6 Å². The number of halogens is 2. The first kappa shape index (κ1) is 16.3. The van der Waals surface area contributed by atoms with Crippen molar-refractivity contribution in [2.24, 2.45) is 11.8 Å². The molecule has 3 fully saturated rings. The van der Waals surface area contributed by atoms with Crippen LogP contribution < -0.4 is 10.6 Å². The van der Waals surface area contributed by atoms with Crippen molar-refractivity contribution in [2.75, 3.05) is 13.1 Å². The summed E-state index contributed by atoms with van der Waals surface area (Å²) in [5.41, 5.74) is 2.18. The van der Waals surface area contributed by atoms with Crippen LogP contribution in [0.4, 0.5) is 8.78 Å². The van der Waals surface area contributed by atoms with E-state index in [1.807, 2.05) is 4.90 Å². The number of imide groups is 1. The maximum absolute atomic E-state index is 14.5. The second-order valence-electron chi connectivity index (χ2n) is 8.03. The molecule has 2 amide bonds. The number of piperidine rings is 3. The SMILES string of the molecule is O=C1CCC(N2Cc3c(C4C5CNCC4C5)cc(F)c(F)c3C2)C(=O)N1. The highest BCUT2D eigenvalue weighted by Crippen LogP contribution is 2.52. The Morgan fingerprint density at radius 1 is 1.08 bits per heavy atom. The van der Waals surface area contributed by atoms with Crippen molar-refractivity contribution in [3.8, 4) is 0 Å². The van der Waals surface area contributed by atoms with E-state index in [1.54, 1.807) is 0 Å². The van der Waals surface area contributed by atoms with Crippen LogP contribution in [0.1, 0.15) is 41.9 Å². The molecule has 1 saturated carbocycles. The minimum absolute atomic E-state index is 0.221. The lowest BCUT2D eigenvalue weighted by Gasteiger charge is -2.50. The molecule has 2 bridgehead atoms. The monoisotopic (exact) mass is 361 g/mol. The van der Waals surface area contributed by atoms with Crippen LogP contribution in [0.2, 0.25) is 0 Å². The standard InChI is InChI=1S/C19H21F2N3O2/c20-14-4-11(17-9-3-10(17)6-22-5-9)12-7-24(8-13(12)18(14)21)15-1-2-16(25)23-19(15)26/h4,9-10,15,17,22H,1-3,5-8H2,(H,23,25,26). The summed E-state index contributed by atoms with van der Waals surface area (Å²) in [6.07, 6.45) is 1.85. The largest absolute Gasteiger partial charge is 0.316 e. The Kier molecular flexibility index (Phi) is 3.66. The number of hydrogen-bond acceptors (Lipinski definition) is 4. The molecule has 5 nitrogen and oxygen atoms in total. The number of hydrogen-bond donors (Lipinski definition) is 2. The van der Waals surface area contributed by atoms with Crippen molar-refractivity contribution in [1.29, 1.82) is 0 Å². The molecule has 1 aromatic carbocycles. The summed E-state index contributed by atoms with van der Waals surface area (Å²) in [6.45, 7) is 2.51. The van der Waals surface area contributed by atoms with Crippen molar-refractivity contribution in [2.45, 2.75) is 44.3 Å². The molecule has 1 aliphatic carbocycles. The highest BCUT2D eigenvalue weighted by molar-refractivity contribution is 6.00. The summed E-state index contributed by atoms with van der Waals surface area (Å²) in [7, 11) is 0. The van der Waals surface area contributed by atoms with Crippen molar-refractivity contribution in [3.63, 3.8) is 0 Å². The molecule has 0 spiro atoms. The van der Waals surface area contributed by atoms with E-state index in [2.05, 4.69) is 10.6 Å². The van der Waals surface area contributed by atoms with Crippen LogP contribution >= 0.6 is 0 Å². The summed E-state index contributed by atoms with van der Waals surface area (Å²) >= 11 is 0. The molecule has 138 valence electrons. The number of carbonyl (C=O) groups excluding carboxylic acids is 2. The van der Waals surface area contributed by atoms with Crippen LogP contribution in [0.15, 0.2) is 6.07 Å². The summed E-state index contributed by atoms with van der Waals surface area (Å²) in [4.78, 5) is 25.5. The van der Waals surface area contributed by atoms with Gasteiger partial charge in [-0.3, -0.25) is 19.8 Å². The van der Waals surface area contributed by atoms with Crippen molar-refractivity contribution < 1.29 is 18.4 Å². The van der Waals surface area contributed by atoms with Crippen molar-refractivity contribution in [1.82, 2.24) is 15.5 Å². The summed E-state index contributed by atoms with van der Waals surface area (Å²) in [6, 6.07) is 0.926. The van der Waals surface area contributed by atoms with Gasteiger partial charge in [-0.15, -0.1) is 0 Å². The lowest BCUT2D eigenvalue weighted by Crippen LogP contribution is -2.52. The number of carbonyl (C=O) groups is 2. The zero-order valence-corrected chi connectivity index (χ0v) is 14.4. The summed E-state index contributed by atoms with van der Waals surface area (Å²) in [5, 5.41) is 5.74. The number of nitrogens with one attached hydrogen (secondary N) is 2. The molecular weight excluding hydrogens is 340 g/mol. The minimum Gasteiger partial charge on any atom is -0.316 e. The fraction of sp³-hybridized carbons (Fsp3) is 0.579. The van der Waals surface area contributed by atoms with E-state index in [0.29, 0.717) is 30.4 Å². The molecule has 2 N–H and O–H groups in total. The fourth-order valence-corrected chi connectivity index (χ4v) is 5.35. The predicted molar refractivity (Wildman–Crippen MR) is 89.0 cm³/mol. The van der Waals surface area contributed by atoms with Crippen LogP contribution in [0.3, 0.4) is 0 Å². The Morgan fingerprint density at radius 2 is 1.81 bits per heavy atom. The number of rotatable bonds is 2. The normalized spacial score (nSPS) is 33.6. The number of fused-ring (bicyclic) bond motifs is 3. The van der Waals surface area contributed by atoms with Crippen LogP contribution in [0.25, 0.3) is 0 Å². The van der Waals surface area contributed by atoms with Gasteiger partial charge in [-0.1, -0.05) is 0 Å². The number of amides is 2. The third-order valence-electron chi connectivity index (χ3n) is 6.64. The maximum atomic E-state index is 14.5. The Labute approximate surface area is 150 Å². The molecule has 3 aliphatic heterocycles. The predicted octanol–water partition coefficient (Wildman–Crippen LogP) is 1.41. The average molecular weight is 361 g/mol. The summed E-state index contributed by atoms with van der Waals surface area (Å²) < 4.78 is 28.8. The van der Waals surface area contributed by atoms with E-state index in [-0.39, 0.29) is 30.7 Å². The van der Waals surface area contributed by atoms with Crippen LogP contribution in [0, 0.1) is 23.5 Å². The minimum atomic E-state index is -0.791. The molecular formula is C19H21F2N3O2. The third kappa shape index (κ3) is 2.33. The molecule has 5 rings (SSSR count). The van der Waals surface area contributed by atoms with Gasteiger partial charge in [-0.2, -0.15) is 0 Å². The van der Waals surface area contributed by atoms with E-state index < -0.39 is 17.7 Å². The number of nitrogens with zero attached hydrogens (tertiary/aromatic N) is 1. The molecule has 1 aromatic rings. The molecule has 2 saturated heterocycles. The van der Waals surface area contributed by atoms with Gasteiger partial charge in [0.25, 0.3) is 0 Å². The highest BCUT2D eigenvalue weighted by atomic mass is 19.2. The van der Waals surface area contributed by atoms with Gasteiger partial charge < -0.3 is 5.32 Å². The lowest BCUT2D eigenvalue weighted by atomic mass is 9.59. The van der Waals surface area contributed by atoms with E-state index >= 15 is 0 Å². The first-order chi connectivity index (χ1) is 12.5. The smallest absolute Gasteiger partial charge is 0.243 e. The van der Waals surface area contributed by atoms with Crippen molar-refractivity contribution >= 4 is 11.8 Å². The molecule has 26 heavy (non-hydrogen) atoms. The Balaban J connectivity index is 1.48. The Morgan fingerprint density at radius 3 is 2.50 bits per heavy atom. The van der Waals surface area contributed by atoms with Gasteiger partial charge >= 0.3 is 0 Å². The van der Waals surface area contributed by atoms with Crippen LogP contribution in [0.5, 0.6) is 0 Å². The van der Waals surface area contributed by atoms with Gasteiger partial charge in [0.2, 0.25) is 11.8 Å². The third-order valence-corrected chi connectivity index (χ3v) is 6.64. The van der Waals surface area contributed by atoms with E-state index in [4.69, 9.17) is 0 Å². The van der Waals surface area contributed by atoms with E-state index in [0.717, 1.165) is 30.6 Å². The topological polar surface area (TPSA) is 61.4 Å². The second-order valence-corrected chi connectivity index (χ2v) is 8.03. The highest BCUT2D eigenvalue weighted by Gasteiger charge is 2.47. The molecule has 0 aromatic heterocycles. The first-order valence-electron chi connectivity index (χ1n) is 9.31. The van der Waals surface area contributed by atoms with Gasteiger partial charge in [0, 0.05) is 25.1 Å². The zero-order valence-electron chi connectivity index (χ0n) is 14.4. The van der Waals surface area contributed by atoms with E-state index in [1.165, 1.54) is 6.07 Å². The quantitative estimate of drug-likeness (QED) is 0.782. The van der Waals surface area contributed by atoms with Gasteiger partial charge in [0.05, 0.1) is 6.04 Å². The average Bonchev–Trinajstić information content (AvgIpc) is 3.05. The molecule has 3 unspecified atom stereocenters. The first-order valence-corrected chi connectivity index (χ1v) is 9.31. The zero-order chi connectivity index (χ0) is 18.0. The van der Waals surface area contributed by atoms with Crippen LogP contribution in [-0.2, 0) is 22.7 Å². The summed E-state index contributed by atoms with van der Waals surface area (Å²) in [5.74, 6) is -0.943. The van der Waals surface area contributed by atoms with Crippen molar-refractivity contribution in [3.05, 3.63) is 34.4 Å². The molecule has 3 heterocycles. The molecule has 7 heteroatoms. The number of benzene rings is 1. The van der Waals surface area contributed by atoms with Gasteiger partial charge in [-0.25, -0.2) is 8.78 Å². The molecule has 4 aliphatic rings. The second kappa shape index (κ2) is 5.82. The van der Waals surface area contributed by atoms with Gasteiger partial charge in [-0.05, 0) is 60.9 Å². The van der Waals surface area contributed by atoms with Crippen LogP contribution in [-0.4, -0.2) is 35.8 Å². The lowest BCUT2D eigenvalue weighted by molar-refractivity contribution is -0.137. The fourth-order valence-electron chi connectivity index (χ4n) is 5.35. The van der Waals surface area contributed by atoms with E-state index in [9.17, 15) is 18.4 Å². The molecule has 0 radical (unpaired) electrons. The maximum Gasteiger partial charge on any atom is 0.243 e.